The third kappa shape index (κ3) is 5.60. The first kappa shape index (κ1) is 25.3. The number of hydrogen-bond donors (Lipinski definition) is 2. The van der Waals surface area contributed by atoms with Gasteiger partial charge in [-0.2, -0.15) is 13.2 Å². The van der Waals surface area contributed by atoms with Gasteiger partial charge in [0.25, 0.3) is 5.91 Å². The molecule has 10 heteroatoms. The van der Waals surface area contributed by atoms with E-state index >= 15 is 0 Å². The summed E-state index contributed by atoms with van der Waals surface area (Å²) in [5.74, 6) is -0.786. The van der Waals surface area contributed by atoms with Crippen molar-refractivity contribution in [2.75, 3.05) is 5.32 Å². The summed E-state index contributed by atoms with van der Waals surface area (Å²) in [6, 6.07) is 16.9. The maximum Gasteiger partial charge on any atom is 0.432 e. The fourth-order valence-electron chi connectivity index (χ4n) is 3.03. The van der Waals surface area contributed by atoms with E-state index < -0.39 is 23.2 Å². The van der Waals surface area contributed by atoms with Crippen LogP contribution in [0.25, 0.3) is 16.1 Å². The lowest BCUT2D eigenvalue weighted by atomic mass is 9.83. The Bertz CT molecular complexity index is 1260. The smallest absolute Gasteiger partial charge is 0.353 e. The number of hydrogen-bond acceptors (Lipinski definition) is 5. The van der Waals surface area contributed by atoms with Crippen molar-refractivity contribution < 1.29 is 18.0 Å². The van der Waals surface area contributed by atoms with Crippen molar-refractivity contribution in [2.24, 2.45) is 5.18 Å². The van der Waals surface area contributed by atoms with Gasteiger partial charge >= 0.3 is 6.18 Å². The zero-order valence-corrected chi connectivity index (χ0v) is 19.6. The van der Waals surface area contributed by atoms with Crippen LogP contribution in [-0.2, 0) is 10.2 Å². The highest BCUT2D eigenvalue weighted by Gasteiger charge is 2.33. The normalized spacial score (nSPS) is 12.4. The zero-order valence-electron chi connectivity index (χ0n) is 18.0. The number of rotatable bonds is 7. The third-order valence-electron chi connectivity index (χ3n) is 5.12. The first-order chi connectivity index (χ1) is 15.9. The Labute approximate surface area is 202 Å². The molecule has 0 bridgehead atoms. The predicted octanol–water partition coefficient (Wildman–Crippen LogP) is 7.67. The van der Waals surface area contributed by atoms with Gasteiger partial charge in [-0.05, 0) is 55.3 Å². The van der Waals surface area contributed by atoms with Crippen LogP contribution in [0.15, 0.2) is 71.9 Å². The number of benzene rings is 2. The van der Waals surface area contributed by atoms with Crippen molar-refractivity contribution in [1.82, 2.24) is 0 Å². The second-order valence-corrected chi connectivity index (χ2v) is 9.33. The first-order valence-corrected chi connectivity index (χ1v) is 11.1. The summed E-state index contributed by atoms with van der Waals surface area (Å²) in [4.78, 5) is 23.7. The second kappa shape index (κ2) is 9.90. The quantitative estimate of drug-likeness (QED) is 0.255. The highest BCUT2D eigenvalue weighted by atomic mass is 35.5. The molecule has 2 aromatic carbocycles. The summed E-state index contributed by atoms with van der Waals surface area (Å²) in [5.41, 5.74) is -0.722. The Kier molecular flexibility index (Phi) is 7.38. The SMILES string of the molecule is CC(C)(C(=O)N=O)c1ccc(-c2ccc(/C(=C/C(=N)C(F)(F)F)Nc3ccccc3Cl)s2)cc1. The van der Waals surface area contributed by atoms with Crippen LogP contribution in [0, 0.1) is 10.3 Å². The summed E-state index contributed by atoms with van der Waals surface area (Å²) < 4.78 is 39.2. The molecule has 0 aliphatic heterocycles. The molecular weight excluding hydrogens is 487 g/mol. The molecule has 0 saturated carbocycles. The van der Waals surface area contributed by atoms with E-state index in [9.17, 15) is 22.9 Å². The molecule has 0 radical (unpaired) electrons. The number of carbonyl (C=O) groups is 1. The van der Waals surface area contributed by atoms with Gasteiger partial charge in [-0.15, -0.1) is 16.2 Å². The van der Waals surface area contributed by atoms with Crippen LogP contribution >= 0.6 is 22.9 Å². The summed E-state index contributed by atoms with van der Waals surface area (Å²) in [6.07, 6.45) is -4.08. The molecule has 1 heterocycles. The second-order valence-electron chi connectivity index (χ2n) is 7.84. The maximum atomic E-state index is 13.1. The monoisotopic (exact) mass is 505 g/mol. The molecule has 0 spiro atoms. The summed E-state index contributed by atoms with van der Waals surface area (Å²) in [6.45, 7) is 3.20. The molecule has 2 N–H and O–H groups in total. The molecule has 3 rings (SSSR count). The fraction of sp³-hybridized carbons (Fsp3) is 0.167. The Morgan fingerprint density at radius 2 is 1.71 bits per heavy atom. The van der Waals surface area contributed by atoms with E-state index in [4.69, 9.17) is 17.0 Å². The number of nitroso groups, excluding NO2 is 1. The zero-order chi connectivity index (χ0) is 25.1. The number of nitrogens with one attached hydrogen (secondary N) is 2. The molecule has 5 nitrogen and oxygen atoms in total. The summed E-state index contributed by atoms with van der Waals surface area (Å²) in [5, 5.41) is 13.2. The van der Waals surface area contributed by atoms with Gasteiger partial charge in [0.1, 0.15) is 5.71 Å². The van der Waals surface area contributed by atoms with Gasteiger partial charge in [-0.1, -0.05) is 48.0 Å². The summed E-state index contributed by atoms with van der Waals surface area (Å²) >= 11 is 7.38. The van der Waals surface area contributed by atoms with E-state index in [1.54, 1.807) is 74.5 Å². The number of nitrogens with zero attached hydrogens (tertiary/aromatic N) is 1. The molecule has 0 atom stereocenters. The Hall–Kier alpha value is -3.30. The van der Waals surface area contributed by atoms with Crippen LogP contribution in [0.2, 0.25) is 5.02 Å². The van der Waals surface area contributed by atoms with Crippen LogP contribution in [0.3, 0.4) is 0 Å². The van der Waals surface area contributed by atoms with Crippen LogP contribution in [0.4, 0.5) is 18.9 Å². The number of carbonyl (C=O) groups excluding carboxylic acids is 1. The van der Waals surface area contributed by atoms with E-state index in [-0.39, 0.29) is 5.70 Å². The van der Waals surface area contributed by atoms with Crippen molar-refractivity contribution in [2.45, 2.75) is 25.4 Å². The molecule has 3 aromatic rings. The van der Waals surface area contributed by atoms with E-state index in [0.29, 0.717) is 21.2 Å². The molecule has 0 aliphatic carbocycles. The maximum absolute atomic E-state index is 13.1. The van der Waals surface area contributed by atoms with E-state index in [2.05, 4.69) is 10.5 Å². The van der Waals surface area contributed by atoms with E-state index in [1.807, 2.05) is 0 Å². The Balaban J connectivity index is 1.96. The van der Waals surface area contributed by atoms with Gasteiger partial charge in [0.15, 0.2) is 0 Å². The van der Waals surface area contributed by atoms with Gasteiger partial charge in [0, 0.05) is 10.1 Å². The Morgan fingerprint density at radius 3 is 2.29 bits per heavy atom. The Morgan fingerprint density at radius 1 is 1.06 bits per heavy atom. The molecule has 0 saturated heterocycles. The van der Waals surface area contributed by atoms with E-state index in [0.717, 1.165) is 16.5 Å². The van der Waals surface area contributed by atoms with Crippen molar-refractivity contribution in [3.8, 4) is 10.4 Å². The lowest BCUT2D eigenvalue weighted by Crippen LogP contribution is -2.26. The minimum absolute atomic E-state index is 0.0760. The molecule has 0 aliphatic rings. The molecule has 176 valence electrons. The van der Waals surface area contributed by atoms with Gasteiger partial charge < -0.3 is 5.32 Å². The van der Waals surface area contributed by atoms with Crippen molar-refractivity contribution in [3.63, 3.8) is 0 Å². The van der Waals surface area contributed by atoms with Crippen LogP contribution in [0.5, 0.6) is 0 Å². The highest BCUT2D eigenvalue weighted by Crippen LogP contribution is 2.35. The minimum Gasteiger partial charge on any atom is -0.353 e. The van der Waals surface area contributed by atoms with Crippen LogP contribution < -0.4 is 5.32 Å². The van der Waals surface area contributed by atoms with Gasteiger partial charge in [0.05, 0.1) is 26.7 Å². The lowest BCUT2D eigenvalue weighted by Gasteiger charge is -2.19. The van der Waals surface area contributed by atoms with Crippen molar-refractivity contribution >= 4 is 45.9 Å². The van der Waals surface area contributed by atoms with E-state index in [1.165, 1.54) is 11.3 Å². The average Bonchev–Trinajstić information content (AvgIpc) is 3.29. The third-order valence-corrected chi connectivity index (χ3v) is 6.61. The molecular formula is C24H19ClF3N3O2S. The average molecular weight is 506 g/mol. The number of allylic oxidation sites excluding steroid dienone is 1. The van der Waals surface area contributed by atoms with Crippen LogP contribution in [-0.4, -0.2) is 17.8 Å². The number of anilines is 1. The van der Waals surface area contributed by atoms with Crippen LogP contribution in [0.1, 0.15) is 24.3 Å². The standard InChI is InChI=1S/C24H19ClF3N3O2S/c1-23(2,22(32)31-33)15-9-7-14(8-10-15)19-11-12-20(34-19)18(13-21(29)24(26,27)28)30-17-6-4-3-5-16(17)25/h3-13,29-30H,1-2H3/b18-13-,29-21?. The van der Waals surface area contributed by atoms with Gasteiger partial charge in [-0.25, -0.2) is 0 Å². The largest absolute Gasteiger partial charge is 0.432 e. The molecule has 1 amide bonds. The first-order valence-electron chi connectivity index (χ1n) is 9.91. The topological polar surface area (TPSA) is 82.4 Å². The van der Waals surface area contributed by atoms with Gasteiger partial charge in [-0.3, -0.25) is 10.2 Å². The molecule has 0 fully saturated rings. The molecule has 1 aromatic heterocycles. The number of para-hydroxylation sites is 1. The minimum atomic E-state index is -4.80. The van der Waals surface area contributed by atoms with Crippen molar-refractivity contribution in [1.29, 1.82) is 5.41 Å². The summed E-state index contributed by atoms with van der Waals surface area (Å²) in [7, 11) is 0. The van der Waals surface area contributed by atoms with Crippen molar-refractivity contribution in [3.05, 3.63) is 87.1 Å². The number of amides is 1. The highest BCUT2D eigenvalue weighted by molar-refractivity contribution is 7.16. The lowest BCUT2D eigenvalue weighted by molar-refractivity contribution is -0.122. The predicted molar refractivity (Wildman–Crippen MR) is 130 cm³/mol. The number of thiophene rings is 1. The number of alkyl halides is 3. The molecule has 0 unspecified atom stereocenters. The van der Waals surface area contributed by atoms with Gasteiger partial charge in [0.2, 0.25) is 0 Å². The fourth-order valence-corrected chi connectivity index (χ4v) is 4.20. The number of halogens is 4. The molecule has 34 heavy (non-hydrogen) atoms.